The number of hydrogen-bond donors (Lipinski definition) is 3. The molecule has 6 atom stereocenters. The maximum absolute atomic E-state index is 13.2. The Morgan fingerprint density at radius 3 is 0.717 bits per heavy atom. The first-order chi connectivity index (χ1) is 51.4. The number of ether oxygens (including phenoxy) is 4. The largest absolute Gasteiger partial charge is 0.472 e. The van der Waals surface area contributed by atoms with Crippen LogP contribution >= 0.6 is 15.6 Å². The van der Waals surface area contributed by atoms with Gasteiger partial charge in [0.1, 0.15) is 19.3 Å². The Balaban J connectivity index is 5.18. The number of hydrogen-bond acceptors (Lipinski definition) is 15. The van der Waals surface area contributed by atoms with E-state index < -0.39 is 97.5 Å². The summed E-state index contributed by atoms with van der Waals surface area (Å²) in [4.78, 5) is 73.2. The third-order valence-electron chi connectivity index (χ3n) is 20.8. The van der Waals surface area contributed by atoms with Crippen LogP contribution in [-0.2, 0) is 65.4 Å². The lowest BCUT2D eigenvalue weighted by atomic mass is 9.99. The van der Waals surface area contributed by atoms with Crippen LogP contribution in [0.15, 0.2) is 0 Å². The van der Waals surface area contributed by atoms with Gasteiger partial charge in [-0.1, -0.05) is 414 Å². The molecule has 0 bridgehead atoms. The summed E-state index contributed by atoms with van der Waals surface area (Å²) in [5, 5.41) is 10.7. The van der Waals surface area contributed by atoms with Gasteiger partial charge in [0.2, 0.25) is 0 Å². The highest BCUT2D eigenvalue weighted by Crippen LogP contribution is 2.45. The van der Waals surface area contributed by atoms with Crippen molar-refractivity contribution in [1.29, 1.82) is 0 Å². The second-order valence-corrected chi connectivity index (χ2v) is 34.9. The number of esters is 4. The average molecular weight is 1550 g/mol. The molecule has 17 nitrogen and oxygen atoms in total. The quantitative estimate of drug-likeness (QED) is 0.0222. The van der Waals surface area contributed by atoms with Crippen LogP contribution in [-0.4, -0.2) is 96.7 Å². The molecule has 0 aliphatic rings. The van der Waals surface area contributed by atoms with Gasteiger partial charge in [0.15, 0.2) is 12.2 Å². The molecule has 0 aromatic rings. The van der Waals surface area contributed by atoms with E-state index in [4.69, 9.17) is 37.0 Å². The highest BCUT2D eigenvalue weighted by Gasteiger charge is 2.30. The maximum Gasteiger partial charge on any atom is 0.472 e. The molecule has 3 unspecified atom stereocenters. The lowest BCUT2D eigenvalue weighted by Gasteiger charge is -2.21. The first-order valence-corrected chi connectivity index (χ1v) is 48.0. The molecule has 0 amide bonds. The molecule has 0 heterocycles. The number of phosphoric ester groups is 2. The van der Waals surface area contributed by atoms with Crippen LogP contribution in [0.3, 0.4) is 0 Å². The molecule has 0 radical (unpaired) electrons. The lowest BCUT2D eigenvalue weighted by molar-refractivity contribution is -0.161. The Bertz CT molecular complexity index is 2030. The van der Waals surface area contributed by atoms with Crippen molar-refractivity contribution < 1.29 is 80.2 Å². The zero-order valence-electron chi connectivity index (χ0n) is 69.7. The van der Waals surface area contributed by atoms with Gasteiger partial charge in [-0.15, -0.1) is 0 Å². The number of carbonyl (C=O) groups excluding carboxylic acids is 4. The summed E-state index contributed by atoms with van der Waals surface area (Å²) in [6.07, 6.45) is 71.2. The summed E-state index contributed by atoms with van der Waals surface area (Å²) in [5.74, 6) is -0.633. The number of phosphoric acid groups is 2. The molecule has 0 saturated carbocycles. The van der Waals surface area contributed by atoms with E-state index >= 15 is 0 Å². The molecule has 0 aliphatic heterocycles. The monoisotopic (exact) mass is 1550 g/mol. The first kappa shape index (κ1) is 104. The van der Waals surface area contributed by atoms with Gasteiger partial charge in [-0.2, -0.15) is 0 Å². The SMILES string of the molecule is CCCCCCCCCCCCCCCCCCCCCCCCC(=O)OC[C@H](COP(=O)(O)OC[C@@H](O)COP(=O)(O)OC[C@@H](COC(=O)CCCCCCCCCC(C)C)OC(=O)CCCCCCCCCCC(C)CC)OC(=O)CCCCCCCCCCCCCCCCCCCCCCCC. The molecule has 0 aromatic heterocycles. The molecule has 0 saturated heterocycles. The number of carbonyl (C=O) groups is 4. The third-order valence-corrected chi connectivity index (χ3v) is 22.7. The average Bonchev–Trinajstić information content (AvgIpc) is 0.897. The zero-order chi connectivity index (χ0) is 77.8. The van der Waals surface area contributed by atoms with Crippen molar-refractivity contribution >= 4 is 39.5 Å². The molecule has 0 rings (SSSR count). The van der Waals surface area contributed by atoms with Crippen LogP contribution in [0.1, 0.15) is 465 Å². The minimum atomic E-state index is -4.97. The van der Waals surface area contributed by atoms with Gasteiger partial charge >= 0.3 is 39.5 Å². The molecule has 630 valence electrons. The van der Waals surface area contributed by atoms with Gasteiger partial charge < -0.3 is 33.8 Å². The number of aliphatic hydroxyl groups excluding tert-OH is 1. The van der Waals surface area contributed by atoms with Crippen LogP contribution in [0.25, 0.3) is 0 Å². The van der Waals surface area contributed by atoms with Crippen LogP contribution in [0.4, 0.5) is 0 Å². The first-order valence-electron chi connectivity index (χ1n) is 45.0. The van der Waals surface area contributed by atoms with E-state index in [-0.39, 0.29) is 25.7 Å². The van der Waals surface area contributed by atoms with Gasteiger partial charge in [0.05, 0.1) is 26.4 Å². The van der Waals surface area contributed by atoms with E-state index in [2.05, 4.69) is 41.5 Å². The molecule has 3 N–H and O–H groups in total. The van der Waals surface area contributed by atoms with Crippen molar-refractivity contribution in [3.63, 3.8) is 0 Å². The fourth-order valence-corrected chi connectivity index (χ4v) is 15.1. The van der Waals surface area contributed by atoms with Crippen molar-refractivity contribution in [3.8, 4) is 0 Å². The zero-order valence-corrected chi connectivity index (χ0v) is 71.5. The van der Waals surface area contributed by atoms with Crippen molar-refractivity contribution in [2.45, 2.75) is 484 Å². The number of aliphatic hydroxyl groups is 1. The van der Waals surface area contributed by atoms with E-state index in [0.29, 0.717) is 31.6 Å². The van der Waals surface area contributed by atoms with Crippen LogP contribution in [0, 0.1) is 11.8 Å². The van der Waals surface area contributed by atoms with Gasteiger partial charge in [-0.25, -0.2) is 9.13 Å². The predicted molar refractivity (Wildman–Crippen MR) is 437 cm³/mol. The molecule has 0 fully saturated rings. The van der Waals surface area contributed by atoms with Crippen molar-refractivity contribution in [2.24, 2.45) is 11.8 Å². The Morgan fingerprint density at radius 1 is 0.274 bits per heavy atom. The van der Waals surface area contributed by atoms with E-state index in [1.54, 1.807) is 0 Å². The second kappa shape index (κ2) is 78.3. The summed E-state index contributed by atoms with van der Waals surface area (Å²) in [7, 11) is -9.93. The minimum Gasteiger partial charge on any atom is -0.462 e. The molecular formula is C87H170O17P2. The molecule has 0 spiro atoms. The lowest BCUT2D eigenvalue weighted by Crippen LogP contribution is -2.30. The Kier molecular flexibility index (Phi) is 76.9. The Hall–Kier alpha value is -1.94. The van der Waals surface area contributed by atoms with Crippen LogP contribution in [0.5, 0.6) is 0 Å². The maximum atomic E-state index is 13.2. The number of rotatable bonds is 86. The highest BCUT2D eigenvalue weighted by molar-refractivity contribution is 7.47. The van der Waals surface area contributed by atoms with E-state index in [0.717, 1.165) is 102 Å². The molecule has 0 aromatic carbocycles. The second-order valence-electron chi connectivity index (χ2n) is 32.0. The Morgan fingerprint density at radius 2 is 0.481 bits per heavy atom. The van der Waals surface area contributed by atoms with Gasteiger partial charge in [0.25, 0.3) is 0 Å². The summed E-state index contributed by atoms with van der Waals surface area (Å²) in [6.45, 7) is 9.60. The third kappa shape index (κ3) is 78.7. The molecule has 106 heavy (non-hydrogen) atoms. The van der Waals surface area contributed by atoms with Crippen LogP contribution < -0.4 is 0 Å². The van der Waals surface area contributed by atoms with Gasteiger partial charge in [-0.3, -0.25) is 37.3 Å². The smallest absolute Gasteiger partial charge is 0.462 e. The summed E-state index contributed by atoms with van der Waals surface area (Å²) in [5.41, 5.74) is 0. The number of unbranched alkanes of at least 4 members (excludes halogenated alkanes) is 55. The van der Waals surface area contributed by atoms with Crippen molar-refractivity contribution in [3.05, 3.63) is 0 Å². The normalized spacial score (nSPS) is 14.1. The highest BCUT2D eigenvalue weighted by atomic mass is 31.2. The summed E-state index contributed by atoms with van der Waals surface area (Å²) >= 11 is 0. The fraction of sp³-hybridized carbons (Fsp3) is 0.954. The molecule has 0 aliphatic carbocycles. The minimum absolute atomic E-state index is 0.105. The van der Waals surface area contributed by atoms with E-state index in [1.807, 2.05) is 0 Å². The fourth-order valence-electron chi connectivity index (χ4n) is 13.6. The molecule has 19 heteroatoms. The van der Waals surface area contributed by atoms with Crippen molar-refractivity contribution in [2.75, 3.05) is 39.6 Å². The Labute approximate surface area is 651 Å². The van der Waals surface area contributed by atoms with Crippen molar-refractivity contribution in [1.82, 2.24) is 0 Å². The molecular weight excluding hydrogens is 1380 g/mol. The van der Waals surface area contributed by atoms with E-state index in [1.165, 1.54) is 276 Å². The topological polar surface area (TPSA) is 237 Å². The van der Waals surface area contributed by atoms with Gasteiger partial charge in [-0.05, 0) is 37.5 Å². The van der Waals surface area contributed by atoms with Crippen LogP contribution in [0.2, 0.25) is 0 Å². The van der Waals surface area contributed by atoms with E-state index in [9.17, 15) is 43.2 Å². The predicted octanol–water partition coefficient (Wildman–Crippen LogP) is 26.6. The summed E-state index contributed by atoms with van der Waals surface area (Å²) in [6, 6.07) is 0. The standard InChI is InChI=1S/C87H170O17P2/c1-7-10-12-14-16-18-20-22-24-26-28-30-32-34-36-38-40-42-44-51-57-63-69-84(89)97-75-82(103-86(91)71-65-59-52-45-43-41-39-37-35-33-31-29-27-25-23-21-19-17-15-13-11-8-2)77-101-105(93,94)99-73-81(88)74-100-106(95,96)102-78-83(76-98-85(90)70-64-58-54-48-49-55-61-67-79(4)5)104-87(92)72-66-60-53-47-46-50-56-62-68-80(6)9-3/h79-83,88H,7-78H2,1-6H3,(H,93,94)(H,95,96)/t80?,81-,82-,83-/m1/s1. The summed E-state index contributed by atoms with van der Waals surface area (Å²) < 4.78 is 68.8. The van der Waals surface area contributed by atoms with Gasteiger partial charge in [0, 0.05) is 25.7 Å².